The van der Waals surface area contributed by atoms with Gasteiger partial charge >= 0.3 is 11.9 Å². The zero-order chi connectivity index (χ0) is 29.2. The highest BCUT2D eigenvalue weighted by Gasteiger charge is 2.41. The van der Waals surface area contributed by atoms with E-state index in [4.69, 9.17) is 10.2 Å². The van der Waals surface area contributed by atoms with Crippen LogP contribution in [0.4, 0.5) is 0 Å². The minimum Gasteiger partial charge on any atom is -0.479 e. The maximum Gasteiger partial charge on any atom is 0.339 e. The third-order valence-corrected chi connectivity index (χ3v) is 7.98. The summed E-state index contributed by atoms with van der Waals surface area (Å²) in [5.74, 6) is -0.933. The molecule has 3 rings (SSSR count). The van der Waals surface area contributed by atoms with E-state index in [2.05, 4.69) is 17.2 Å². The molecule has 9 heteroatoms. The molecule has 1 aromatic heterocycles. The van der Waals surface area contributed by atoms with Crippen LogP contribution in [0.5, 0.6) is 0 Å². The summed E-state index contributed by atoms with van der Waals surface area (Å²) >= 11 is 0. The summed E-state index contributed by atoms with van der Waals surface area (Å²) in [5, 5.41) is 33.6. The van der Waals surface area contributed by atoms with Crippen LogP contribution in [0.15, 0.2) is 39.3 Å². The Morgan fingerprint density at radius 3 is 2.55 bits per heavy atom. The molecule has 1 heterocycles. The van der Waals surface area contributed by atoms with Gasteiger partial charge in [0.05, 0.1) is 12.6 Å². The first-order valence-electron chi connectivity index (χ1n) is 14.6. The summed E-state index contributed by atoms with van der Waals surface area (Å²) < 4.78 is 6.06. The van der Waals surface area contributed by atoms with E-state index in [0.29, 0.717) is 35.0 Å². The van der Waals surface area contributed by atoms with Gasteiger partial charge in [0.1, 0.15) is 23.1 Å². The van der Waals surface area contributed by atoms with Crippen molar-refractivity contribution in [2.45, 2.75) is 103 Å². The number of hydrogen-bond donors (Lipinski definition) is 5. The molecule has 2 aliphatic rings. The Bertz CT molecular complexity index is 1160. The van der Waals surface area contributed by atoms with Crippen LogP contribution in [-0.4, -0.2) is 51.9 Å². The van der Waals surface area contributed by atoms with Gasteiger partial charge in [-0.15, -0.1) is 0 Å². The highest BCUT2D eigenvalue weighted by molar-refractivity contribution is 5.97. The van der Waals surface area contributed by atoms with Gasteiger partial charge in [-0.2, -0.15) is 0 Å². The van der Waals surface area contributed by atoms with Gasteiger partial charge in [0, 0.05) is 11.5 Å². The summed E-state index contributed by atoms with van der Waals surface area (Å²) in [4.78, 5) is 28.4. The fraction of sp³-hybridized carbons (Fsp3) is 0.581. The maximum atomic E-state index is 12.2. The molecule has 0 aliphatic heterocycles. The van der Waals surface area contributed by atoms with Crippen molar-refractivity contribution in [2.24, 2.45) is 16.6 Å². The molecule has 0 bridgehead atoms. The quantitative estimate of drug-likeness (QED) is 0.0973. The maximum absolute atomic E-state index is 12.2. The van der Waals surface area contributed by atoms with E-state index in [1.165, 1.54) is 6.42 Å². The molecule has 220 valence electrons. The number of aryl methyl sites for hydroxylation is 1. The van der Waals surface area contributed by atoms with Crippen LogP contribution in [0, 0.1) is 12.8 Å². The molecule has 0 aromatic carbocycles. The summed E-state index contributed by atoms with van der Waals surface area (Å²) in [6, 6.07) is -1.05. The van der Waals surface area contributed by atoms with Gasteiger partial charge < -0.3 is 30.8 Å². The lowest BCUT2D eigenvalue weighted by Crippen LogP contribution is -2.43. The van der Waals surface area contributed by atoms with Crippen LogP contribution in [0.1, 0.15) is 111 Å². The number of aliphatic carboxylic acids is 1. The van der Waals surface area contributed by atoms with Crippen molar-refractivity contribution in [1.82, 2.24) is 5.32 Å². The number of unbranched alkanes of at least 4 members (excludes halogenated alkanes) is 2. The number of nitrogens with one attached hydrogen (secondary N) is 1. The van der Waals surface area contributed by atoms with Gasteiger partial charge in [-0.1, -0.05) is 57.3 Å². The van der Waals surface area contributed by atoms with Crippen molar-refractivity contribution in [3.05, 3.63) is 52.5 Å². The minimum absolute atomic E-state index is 0.0312. The first-order valence-corrected chi connectivity index (χ1v) is 14.6. The summed E-state index contributed by atoms with van der Waals surface area (Å²) in [5.41, 5.74) is 7.96. The van der Waals surface area contributed by atoms with Gasteiger partial charge in [-0.05, 0) is 69.1 Å². The lowest BCUT2D eigenvalue weighted by molar-refractivity contribution is -0.137. The molecule has 0 amide bonds. The van der Waals surface area contributed by atoms with Crippen molar-refractivity contribution >= 4 is 23.5 Å². The molecule has 40 heavy (non-hydrogen) atoms. The molecule has 0 saturated heterocycles. The van der Waals surface area contributed by atoms with E-state index in [9.17, 15) is 24.9 Å². The number of carboxylic acid groups (broad SMARTS) is 2. The van der Waals surface area contributed by atoms with Gasteiger partial charge in [-0.25, -0.2) is 14.6 Å². The summed E-state index contributed by atoms with van der Waals surface area (Å²) in [6.07, 6.45) is 16.1. The average Bonchev–Trinajstić information content (AvgIpc) is 3.26. The molecule has 9 nitrogen and oxygen atoms in total. The Morgan fingerprint density at radius 2 is 1.93 bits per heavy atom. The Balaban J connectivity index is 1.84. The van der Waals surface area contributed by atoms with Crippen molar-refractivity contribution in [2.75, 3.05) is 6.54 Å². The van der Waals surface area contributed by atoms with Gasteiger partial charge in [0.15, 0.2) is 5.96 Å². The van der Waals surface area contributed by atoms with Crippen LogP contribution < -0.4 is 11.1 Å². The number of carbonyl (C=O) groups is 2. The highest BCUT2D eigenvalue weighted by atomic mass is 16.4. The van der Waals surface area contributed by atoms with Crippen molar-refractivity contribution in [1.29, 1.82) is 0 Å². The third-order valence-electron chi connectivity index (χ3n) is 7.98. The second-order valence-corrected chi connectivity index (χ2v) is 10.9. The fourth-order valence-corrected chi connectivity index (χ4v) is 6.05. The fourth-order valence-electron chi connectivity index (χ4n) is 6.05. The van der Waals surface area contributed by atoms with Gasteiger partial charge in [0.25, 0.3) is 0 Å². The lowest BCUT2D eigenvalue weighted by atomic mass is 9.71. The zero-order valence-electron chi connectivity index (χ0n) is 24.0. The number of fused-ring (bicyclic) bond motifs is 1. The standard InChI is InChI=1S/C31H45N3O6/c1-4-6-8-12-20(11-5-2)17-24(29(36)37)34-31(32)33-16-15-22-25(35)18-23(21-13-9-7-10-14-21)28-27(22)26(30(38)39)19(3)40-28/h5,11,15,17,21,23-25,35H,4,6-10,12-14,16,18H2,1-3H3,(H,36,37)(H,38,39)(H3,32,33,34)/b11-5+,20-17+,22-15+. The molecule has 0 spiro atoms. The minimum atomic E-state index is -1.10. The molecule has 1 saturated carbocycles. The second-order valence-electron chi connectivity index (χ2n) is 10.9. The molecule has 2 aliphatic carbocycles. The normalized spacial score (nSPS) is 22.4. The average molecular weight is 556 g/mol. The van der Waals surface area contributed by atoms with Crippen LogP contribution in [0.3, 0.4) is 0 Å². The molecule has 3 atom stereocenters. The van der Waals surface area contributed by atoms with Crippen molar-refractivity contribution in [3.8, 4) is 0 Å². The molecule has 3 unspecified atom stereocenters. The third kappa shape index (κ3) is 7.87. The van der Waals surface area contributed by atoms with Crippen LogP contribution in [-0.2, 0) is 4.79 Å². The van der Waals surface area contributed by atoms with Crippen LogP contribution in [0.25, 0.3) is 5.57 Å². The second kappa shape index (κ2) is 14.9. The first kappa shape index (κ1) is 31.2. The molecule has 0 radical (unpaired) electrons. The Morgan fingerprint density at radius 1 is 1.20 bits per heavy atom. The largest absolute Gasteiger partial charge is 0.479 e. The molecular weight excluding hydrogens is 510 g/mol. The number of aliphatic imine (C=N–C) groups is 1. The predicted molar refractivity (Wildman–Crippen MR) is 156 cm³/mol. The lowest BCUT2D eigenvalue weighted by Gasteiger charge is -2.35. The van der Waals surface area contributed by atoms with E-state index in [1.807, 2.05) is 19.1 Å². The predicted octanol–water partition coefficient (Wildman–Crippen LogP) is 5.54. The monoisotopic (exact) mass is 555 g/mol. The van der Waals surface area contributed by atoms with E-state index in [1.54, 1.807) is 19.1 Å². The molecular formula is C31H45N3O6. The Labute approximate surface area is 236 Å². The SMILES string of the molecule is C/C=C/C(=C\C(NC(N)=NC/C=C1/c2c(oc(C)c2C(=O)O)C(C2CCCCC2)CC1O)C(=O)O)CCCCC. The number of aromatic carboxylic acids is 1. The van der Waals surface area contributed by atoms with Crippen molar-refractivity contribution in [3.63, 3.8) is 0 Å². The summed E-state index contributed by atoms with van der Waals surface area (Å²) in [7, 11) is 0. The van der Waals surface area contributed by atoms with E-state index < -0.39 is 24.1 Å². The van der Waals surface area contributed by atoms with Crippen LogP contribution in [0.2, 0.25) is 0 Å². The highest BCUT2D eigenvalue weighted by Crippen LogP contribution is 2.49. The number of furan rings is 1. The molecule has 6 N–H and O–H groups in total. The number of aliphatic hydroxyl groups is 1. The zero-order valence-corrected chi connectivity index (χ0v) is 24.0. The summed E-state index contributed by atoms with van der Waals surface area (Å²) in [6.45, 7) is 5.69. The number of carboxylic acids is 2. The number of nitrogens with zero attached hydrogens (tertiary/aromatic N) is 1. The van der Waals surface area contributed by atoms with E-state index in [-0.39, 0.29) is 24.0 Å². The molecule has 1 fully saturated rings. The Hall–Kier alpha value is -3.33. The molecule has 1 aromatic rings. The van der Waals surface area contributed by atoms with Gasteiger partial charge in [-0.3, -0.25) is 0 Å². The van der Waals surface area contributed by atoms with E-state index >= 15 is 0 Å². The first-order chi connectivity index (χ1) is 19.2. The number of allylic oxidation sites excluding steroid dienone is 3. The van der Waals surface area contributed by atoms with Gasteiger partial charge in [0.2, 0.25) is 0 Å². The number of aliphatic hydroxyl groups excluding tert-OH is 1. The number of rotatable bonds is 12. The number of nitrogens with two attached hydrogens (primary N) is 1. The smallest absolute Gasteiger partial charge is 0.339 e. The Kier molecular flexibility index (Phi) is 11.6. The van der Waals surface area contributed by atoms with E-state index in [0.717, 1.165) is 56.9 Å². The van der Waals surface area contributed by atoms with Crippen molar-refractivity contribution < 1.29 is 29.3 Å². The number of guanidine groups is 1. The van der Waals surface area contributed by atoms with Crippen LogP contribution >= 0.6 is 0 Å². The topological polar surface area (TPSA) is 158 Å². The number of hydrogen-bond acceptors (Lipinski definition) is 5.